The molecule has 0 aromatic rings. The highest BCUT2D eigenvalue weighted by atomic mass is 16.4. The fourth-order valence-electron chi connectivity index (χ4n) is 6.80. The molecule has 0 rings (SSSR count). The first kappa shape index (κ1) is 69.2. The van der Waals surface area contributed by atoms with Crippen molar-refractivity contribution in [3.8, 4) is 0 Å². The molecule has 11 atom stereocenters. The van der Waals surface area contributed by atoms with Gasteiger partial charge in [0, 0.05) is 13.0 Å². The van der Waals surface area contributed by atoms with Crippen LogP contribution in [0, 0.1) is 17.2 Å². The number of primary amides is 3. The van der Waals surface area contributed by atoms with E-state index in [0.29, 0.717) is 0 Å². The molecule has 33 nitrogen and oxygen atoms in total. The van der Waals surface area contributed by atoms with Crippen LogP contribution in [-0.4, -0.2) is 190 Å². The fourth-order valence-corrected chi connectivity index (χ4v) is 6.80. The van der Waals surface area contributed by atoms with Crippen molar-refractivity contribution in [3.05, 3.63) is 0 Å². The second-order valence-corrected chi connectivity index (χ2v) is 18.8. The molecule has 0 fully saturated rings. The number of aliphatic carboxylic acids is 1. The average Bonchev–Trinajstić information content (AvgIpc) is 3.31. The van der Waals surface area contributed by atoms with Crippen LogP contribution in [-0.2, 0) is 62.3 Å². The number of nitrogens with one attached hydrogen (secondary N) is 11. The predicted molar refractivity (Wildman–Crippen MR) is 269 cm³/mol. The van der Waals surface area contributed by atoms with Crippen LogP contribution in [0.15, 0.2) is 0 Å². The summed E-state index contributed by atoms with van der Waals surface area (Å²) in [4.78, 5) is 167. The lowest BCUT2D eigenvalue weighted by Gasteiger charge is -2.28. The van der Waals surface area contributed by atoms with Crippen LogP contribution < -0.4 is 81.8 Å². The molecule has 0 unspecified atom stereocenters. The molecule has 0 saturated heterocycles. The van der Waals surface area contributed by atoms with Crippen molar-refractivity contribution >= 4 is 82.8 Å². The maximum absolute atomic E-state index is 13.9. The third-order valence-corrected chi connectivity index (χ3v) is 10.8. The minimum atomic E-state index is -1.93. The molecule has 77 heavy (non-hydrogen) atoms. The molecule has 0 aliphatic rings. The summed E-state index contributed by atoms with van der Waals surface area (Å²) in [5.41, 5.74) is 26.7. The third-order valence-electron chi connectivity index (χ3n) is 10.8. The normalized spacial score (nSPS) is 15.3. The van der Waals surface area contributed by atoms with E-state index in [9.17, 15) is 82.8 Å². The van der Waals surface area contributed by atoms with Crippen molar-refractivity contribution in [2.45, 2.75) is 159 Å². The summed E-state index contributed by atoms with van der Waals surface area (Å²) in [6.07, 6.45) is -6.02. The van der Waals surface area contributed by atoms with E-state index >= 15 is 0 Å². The topological polar surface area (TPSA) is 577 Å². The molecule has 0 aliphatic heterocycles. The molecule has 0 aliphatic carbocycles. The summed E-state index contributed by atoms with van der Waals surface area (Å²) in [5, 5.41) is 70.1. The zero-order valence-electron chi connectivity index (χ0n) is 43.8. The molecule has 436 valence electrons. The molecule has 12 amide bonds. The smallest absolute Gasteiger partial charge is 0.326 e. The van der Waals surface area contributed by atoms with Crippen molar-refractivity contribution in [1.29, 1.82) is 5.41 Å². The Bertz CT molecular complexity index is 2110. The lowest BCUT2D eigenvalue weighted by atomic mass is 10.0. The zero-order chi connectivity index (χ0) is 59.4. The first-order chi connectivity index (χ1) is 35.7. The average molecular weight is 1100 g/mol. The van der Waals surface area contributed by atoms with Gasteiger partial charge in [-0.2, -0.15) is 0 Å². The number of aliphatic hydroxyl groups excluding tert-OH is 3. The Kier molecular flexibility index (Phi) is 31.2. The van der Waals surface area contributed by atoms with E-state index in [-0.39, 0.29) is 56.9 Å². The van der Waals surface area contributed by atoms with Gasteiger partial charge >= 0.3 is 5.97 Å². The highest BCUT2D eigenvalue weighted by Crippen LogP contribution is 2.10. The van der Waals surface area contributed by atoms with E-state index in [1.54, 1.807) is 27.7 Å². The summed E-state index contributed by atoms with van der Waals surface area (Å²) in [5.74, 6) is -15.6. The number of carboxylic acid groups (broad SMARTS) is 1. The van der Waals surface area contributed by atoms with Crippen molar-refractivity contribution < 1.29 is 82.8 Å². The van der Waals surface area contributed by atoms with Gasteiger partial charge in [0.05, 0.1) is 38.2 Å². The monoisotopic (exact) mass is 1100 g/mol. The summed E-state index contributed by atoms with van der Waals surface area (Å²) in [7, 11) is 0. The lowest BCUT2D eigenvalue weighted by molar-refractivity contribution is -0.142. The van der Waals surface area contributed by atoms with Gasteiger partial charge in [-0.05, 0) is 57.8 Å². The van der Waals surface area contributed by atoms with Crippen LogP contribution in [0.25, 0.3) is 0 Å². The molecule has 0 heterocycles. The second-order valence-electron chi connectivity index (χ2n) is 18.8. The van der Waals surface area contributed by atoms with Gasteiger partial charge in [-0.25, -0.2) is 4.79 Å². The molecular weight excluding hydrogens is 1020 g/mol. The Balaban J connectivity index is 6.54. The maximum atomic E-state index is 13.9. The van der Waals surface area contributed by atoms with Crippen LogP contribution in [0.5, 0.6) is 0 Å². The number of rotatable bonds is 37. The van der Waals surface area contributed by atoms with Gasteiger partial charge in [-0.3, -0.25) is 62.9 Å². The number of carbonyl (C=O) groups is 13. The van der Waals surface area contributed by atoms with Gasteiger partial charge in [-0.1, -0.05) is 27.7 Å². The van der Waals surface area contributed by atoms with Crippen LogP contribution in [0.2, 0.25) is 0 Å². The summed E-state index contributed by atoms with van der Waals surface area (Å²) in [6, 6.07) is -15.0. The van der Waals surface area contributed by atoms with Crippen LogP contribution >= 0.6 is 0 Å². The van der Waals surface area contributed by atoms with Crippen molar-refractivity contribution in [1.82, 2.24) is 53.2 Å². The number of hydrogen-bond donors (Lipinski definition) is 20. The first-order valence-corrected chi connectivity index (χ1v) is 24.3. The largest absolute Gasteiger partial charge is 0.480 e. The van der Waals surface area contributed by atoms with Crippen LogP contribution in [0.4, 0.5) is 0 Å². The Morgan fingerprint density at radius 1 is 0.481 bits per heavy atom. The molecule has 25 N–H and O–H groups in total. The fraction of sp³-hybridized carbons (Fsp3) is 0.682. The zero-order valence-corrected chi connectivity index (χ0v) is 43.8. The number of hydrogen-bond acceptors (Lipinski definition) is 18. The second kappa shape index (κ2) is 34.7. The van der Waals surface area contributed by atoms with Gasteiger partial charge in [0.1, 0.15) is 54.4 Å². The molecule has 0 spiro atoms. The Labute approximate surface area is 443 Å². The number of carboxylic acids is 1. The van der Waals surface area contributed by atoms with E-state index in [0.717, 1.165) is 6.92 Å². The van der Waals surface area contributed by atoms with Gasteiger partial charge < -0.3 is 102 Å². The van der Waals surface area contributed by atoms with E-state index in [1.165, 1.54) is 6.92 Å². The highest BCUT2D eigenvalue weighted by Gasteiger charge is 2.37. The Morgan fingerprint density at radius 2 is 0.909 bits per heavy atom. The van der Waals surface area contributed by atoms with Crippen molar-refractivity contribution in [2.24, 2.45) is 40.5 Å². The van der Waals surface area contributed by atoms with E-state index in [2.05, 4.69) is 53.2 Å². The van der Waals surface area contributed by atoms with E-state index in [1.807, 2.05) is 0 Å². The molecular formula is C44H78N16O17. The summed E-state index contributed by atoms with van der Waals surface area (Å²) >= 11 is 0. The van der Waals surface area contributed by atoms with Gasteiger partial charge in [0.15, 0.2) is 5.96 Å². The maximum Gasteiger partial charge on any atom is 0.326 e. The molecule has 0 saturated carbocycles. The number of amides is 12. The SMILES string of the molecule is CC(C)C[C@H](NC(=O)[C@H](CC(N)=O)NC(=O)[C@H](CCCNC(=N)N)NC(=O)[C@H](CO)NC(=O)[C@@H](NC(=O)[C@H](CC(C)C)NC(=O)[C@H](CC(N)=O)NC(=O)[C@@H](N)[C@@H](C)O)[C@@H](C)O)C(=O)NCC(=O)N[C@@H](CCC(N)=O)C(=O)O. The molecule has 33 heteroatoms. The summed E-state index contributed by atoms with van der Waals surface area (Å²) in [6.45, 7) is 6.88. The lowest BCUT2D eigenvalue weighted by Crippen LogP contribution is -2.62. The van der Waals surface area contributed by atoms with E-state index < -0.39 is 175 Å². The Hall–Kier alpha value is -7.78. The number of nitrogens with two attached hydrogens (primary N) is 5. The number of carbonyl (C=O) groups excluding carboxylic acids is 12. The predicted octanol–water partition coefficient (Wildman–Crippen LogP) is -9.48. The molecule has 0 radical (unpaired) electrons. The van der Waals surface area contributed by atoms with Crippen LogP contribution in [0.3, 0.4) is 0 Å². The van der Waals surface area contributed by atoms with Gasteiger partial charge in [0.2, 0.25) is 70.9 Å². The van der Waals surface area contributed by atoms with Crippen molar-refractivity contribution in [2.75, 3.05) is 19.7 Å². The molecule has 0 aromatic carbocycles. The minimum absolute atomic E-state index is 0.0292. The first-order valence-electron chi connectivity index (χ1n) is 24.3. The summed E-state index contributed by atoms with van der Waals surface area (Å²) < 4.78 is 0. The number of aliphatic hydroxyl groups is 3. The van der Waals surface area contributed by atoms with Gasteiger partial charge in [-0.15, -0.1) is 0 Å². The van der Waals surface area contributed by atoms with Crippen molar-refractivity contribution in [3.63, 3.8) is 0 Å². The minimum Gasteiger partial charge on any atom is -0.480 e. The Morgan fingerprint density at radius 3 is 1.34 bits per heavy atom. The highest BCUT2D eigenvalue weighted by molar-refractivity contribution is 5.99. The van der Waals surface area contributed by atoms with Crippen LogP contribution in [0.1, 0.15) is 92.9 Å². The molecule has 0 aromatic heterocycles. The van der Waals surface area contributed by atoms with Gasteiger partial charge in [0.25, 0.3) is 0 Å². The third kappa shape index (κ3) is 28.1. The standard InChI is InChI=1S/C44H78N16O17/c1-18(2)12-24(35(68)52-16-32(67)53-23(43(76)77)9-10-29(45)64)55-37(70)26(14-30(46)65)57-36(69)22(8-7-11-51-44(49)50)54-40(73)28(17-61)59-42(75)34(21(6)63)60-39(72)25(13-19(3)4)56-38(71)27(15-31(47)66)58-41(74)33(48)20(5)62/h18-28,33-34,61-63H,7-17,48H2,1-6H3,(H2,45,64)(H2,46,65)(H2,47,66)(H,52,68)(H,53,67)(H,54,73)(H,55,70)(H,56,71)(H,57,69)(H,58,74)(H,59,75)(H,60,72)(H,76,77)(H4,49,50,51)/t20-,21-,22+,23+,24+,25+,26+,27+,28+,33+,34+/m1/s1. The number of guanidine groups is 1. The molecule has 0 bridgehead atoms. The van der Waals surface area contributed by atoms with E-state index in [4.69, 9.17) is 34.1 Å². The quantitative estimate of drug-likeness (QED) is 0.0156.